The molecule has 3 N–H and O–H groups in total. The van der Waals surface area contributed by atoms with E-state index in [4.69, 9.17) is 28.4 Å². The second-order valence-corrected chi connectivity index (χ2v) is 31.2. The summed E-state index contributed by atoms with van der Waals surface area (Å²) in [6.45, 7) is 15.5. The molecule has 22 nitrogen and oxygen atoms in total. The van der Waals surface area contributed by atoms with E-state index in [1.165, 1.54) is 56.3 Å². The van der Waals surface area contributed by atoms with Crippen LogP contribution in [0.3, 0.4) is 0 Å². The van der Waals surface area contributed by atoms with Crippen molar-refractivity contribution in [3.8, 4) is 23.0 Å². The maximum absolute atomic E-state index is 15.1. The zero-order chi connectivity index (χ0) is 80.9. The Kier molecular flexibility index (Phi) is 32.7. The minimum absolute atomic E-state index is 0.0225. The van der Waals surface area contributed by atoms with E-state index >= 15 is 4.39 Å². The molecule has 0 unspecified atom stereocenters. The van der Waals surface area contributed by atoms with Crippen LogP contribution < -0.4 is 24.3 Å². The predicted octanol–water partition coefficient (Wildman–Crippen LogP) is 12.9. The number of hydrogen-bond acceptors (Lipinski definition) is 19. The van der Waals surface area contributed by atoms with Crippen molar-refractivity contribution in [2.75, 3.05) is 126 Å². The molecule has 6 aliphatic heterocycles. The first kappa shape index (κ1) is 87.8. The van der Waals surface area contributed by atoms with Crippen LogP contribution in [0, 0.1) is 34.9 Å². The lowest BCUT2D eigenvalue weighted by molar-refractivity contribution is -0.155. The maximum Gasteiger partial charge on any atom is 0.344 e. The van der Waals surface area contributed by atoms with Gasteiger partial charge in [0.05, 0.1) is 65.9 Å². The zero-order valence-electron chi connectivity index (χ0n) is 62.1. The van der Waals surface area contributed by atoms with Gasteiger partial charge in [0.25, 0.3) is 17.7 Å². The second-order valence-electron chi connectivity index (χ2n) is 27.5. The van der Waals surface area contributed by atoms with Crippen molar-refractivity contribution >= 4 is 99.3 Å². The number of nitrogens with zero attached hydrogens (tertiary/aromatic N) is 5. The summed E-state index contributed by atoms with van der Waals surface area (Å²) >= 11 is 12.4. The van der Waals surface area contributed by atoms with E-state index in [-0.39, 0.29) is 95.0 Å². The molecule has 0 bridgehead atoms. The van der Waals surface area contributed by atoms with Gasteiger partial charge in [-0.25, -0.2) is 35.9 Å². The van der Waals surface area contributed by atoms with Crippen LogP contribution >= 0.6 is 63.7 Å². The average Bonchev–Trinajstić information content (AvgIpc) is 1.57. The number of carbonyl (C=O) groups is 6. The maximum atomic E-state index is 15.1. The van der Waals surface area contributed by atoms with Crippen molar-refractivity contribution < 1.29 is 103 Å². The molecule has 7 aromatic carbocycles. The molecular weight excluding hydrogens is 1730 g/mol. The Balaban J connectivity index is 0.000000168. The van der Waals surface area contributed by atoms with E-state index in [1.807, 2.05) is 18.2 Å². The van der Waals surface area contributed by atoms with E-state index in [0.717, 1.165) is 90.1 Å². The first-order valence-corrected chi connectivity index (χ1v) is 39.1. The number of rotatable bonds is 17. The van der Waals surface area contributed by atoms with Gasteiger partial charge in [0, 0.05) is 96.3 Å². The van der Waals surface area contributed by atoms with Crippen LogP contribution in [0.4, 0.5) is 26.3 Å². The number of aliphatic hydroxyl groups excluding tert-OH is 2. The van der Waals surface area contributed by atoms with Crippen LogP contribution in [0.15, 0.2) is 127 Å². The molecule has 1 fully saturated rings. The molecule has 602 valence electrons. The van der Waals surface area contributed by atoms with Gasteiger partial charge in [0.2, 0.25) is 0 Å². The van der Waals surface area contributed by atoms with E-state index in [2.05, 4.69) is 124 Å². The number of esters is 3. The van der Waals surface area contributed by atoms with Crippen molar-refractivity contribution in [2.45, 2.75) is 83.9 Å². The van der Waals surface area contributed by atoms with E-state index in [9.17, 15) is 60.9 Å². The van der Waals surface area contributed by atoms with Crippen LogP contribution in [0.5, 0.6) is 23.0 Å². The summed E-state index contributed by atoms with van der Waals surface area (Å²) < 4.78 is 126. The number of ether oxygens (including phenoxy) is 8. The van der Waals surface area contributed by atoms with Gasteiger partial charge in [-0.1, -0.05) is 112 Å². The van der Waals surface area contributed by atoms with Crippen LogP contribution in [0.25, 0.3) is 0 Å². The molecule has 7 aromatic rings. The van der Waals surface area contributed by atoms with Gasteiger partial charge < -0.3 is 63.2 Å². The third kappa shape index (κ3) is 25.2. The third-order valence-electron chi connectivity index (χ3n) is 18.0. The number of morpholine rings is 1. The highest BCUT2D eigenvalue weighted by Gasteiger charge is 2.33. The number of fused-ring (bicyclic) bond motifs is 5. The molecule has 32 heteroatoms. The summed E-state index contributed by atoms with van der Waals surface area (Å²) in [6.07, 6.45) is 1.01. The van der Waals surface area contributed by atoms with Crippen molar-refractivity contribution in [1.82, 2.24) is 29.8 Å². The van der Waals surface area contributed by atoms with E-state index in [0.29, 0.717) is 78.9 Å². The lowest BCUT2D eigenvalue weighted by Gasteiger charge is -2.32. The fourth-order valence-electron chi connectivity index (χ4n) is 12.9. The van der Waals surface area contributed by atoms with Crippen LogP contribution in [-0.4, -0.2) is 214 Å². The summed E-state index contributed by atoms with van der Waals surface area (Å²) in [5.41, 5.74) is 4.44. The van der Waals surface area contributed by atoms with Gasteiger partial charge in [0.1, 0.15) is 111 Å². The molecule has 112 heavy (non-hydrogen) atoms. The number of β-amino-alcohol motifs (C(OH)–C–C–N with tert-alkyl or cyclic N) is 2. The highest BCUT2D eigenvalue weighted by Crippen LogP contribution is 2.34. The largest absolute Gasteiger partial charge is 0.493 e. The Morgan fingerprint density at radius 2 is 0.955 bits per heavy atom. The summed E-state index contributed by atoms with van der Waals surface area (Å²) in [7, 11) is 2.22. The number of aliphatic hydroxyl groups is 2. The van der Waals surface area contributed by atoms with Crippen molar-refractivity contribution in [1.29, 1.82) is 0 Å². The summed E-state index contributed by atoms with van der Waals surface area (Å²) in [4.78, 5) is 81.1. The average molecular weight is 1820 g/mol. The predicted molar refractivity (Wildman–Crippen MR) is 416 cm³/mol. The number of halogens is 10. The number of benzene rings is 7. The van der Waals surface area contributed by atoms with Crippen LogP contribution in [-0.2, 0) is 56.2 Å². The topological polar surface area (TPSA) is 245 Å². The number of methoxy groups -OCH3 is 2. The summed E-state index contributed by atoms with van der Waals surface area (Å²) in [6, 6.07) is 30.2. The lowest BCUT2D eigenvalue weighted by atomic mass is 10.00. The zero-order valence-corrected chi connectivity index (χ0v) is 68.5. The number of carbonyl (C=O) groups excluding carboxylic acids is 6. The standard InChI is InChI=1S/C26H32FN3O4.C21H22BrFN2O3.C16H20BrFO5.C9H7BrFNO2.C8H5BrF2O2/c27-23-13-19(15-28-7-10-33-11-8-28)14-24-25(23)26(32)30(9-12-34-24)18-22(31)17-29-6-5-20-3-1-2-4-21(20)16-29;22-16-9-18(23)20-19(10-16)28-8-7-25(21(20)27)13-17(26)12-24-6-5-14-3-1-2-4-15(14)11-24;1-16(2,3)23-13(19)6-5-7-22-12-9-10(17)8-11(18)14(12)15(20)21-4;10-5-3-6(11)8-7(4-5)14-2-1-12-9(8)13;1-13-8(12)7-5(10)2-4(9)3-6(7)11/h1-4,13-14,22,31H,5-12,15-18H2;1-4,9-10,17,26H,5-8,11-13H2;8-9H,5-7H2,1-4H3;3-4H,1-2H2,(H,12,13);2-3H,1H3/t22-;17-;;;/m11.../s1. The minimum atomic E-state index is -1.03. The Morgan fingerprint density at radius 1 is 0.518 bits per heavy atom. The molecule has 13 rings (SSSR count). The molecule has 3 amide bonds. The van der Waals surface area contributed by atoms with Gasteiger partial charge in [-0.3, -0.25) is 33.9 Å². The number of nitrogens with one attached hydrogen (secondary N) is 1. The fourth-order valence-corrected chi connectivity index (χ4v) is 14.5. The molecule has 0 saturated carbocycles. The fraction of sp³-hybridized carbons (Fsp3) is 0.400. The minimum Gasteiger partial charge on any atom is -0.493 e. The monoisotopic (exact) mass is 1820 g/mol. The Morgan fingerprint density at radius 3 is 1.47 bits per heavy atom. The molecule has 6 aliphatic rings. The molecular formula is C80H86Br4F6N6O16. The third-order valence-corrected chi connectivity index (χ3v) is 19.8. The first-order chi connectivity index (χ1) is 53.4. The van der Waals surface area contributed by atoms with Crippen molar-refractivity contribution in [3.05, 3.63) is 218 Å². The normalized spacial score (nSPS) is 16.0. The van der Waals surface area contributed by atoms with Crippen molar-refractivity contribution in [3.63, 3.8) is 0 Å². The molecule has 2 atom stereocenters. The SMILES string of the molecule is COC(=O)c1c(F)cc(Br)cc1F.COC(=O)c1c(F)cc(Br)cc1OCCCC(=O)OC(C)(C)C.O=C1NCCOc2cc(Br)cc(F)c21.O=C1c2c(F)cc(Br)cc2OCCN1C[C@H](O)CN1CCc2ccccc2C1.O=C1c2c(F)cc(CN3CCOCC3)cc2OCCN1C[C@H](O)CN1CCc2ccccc2C1. The molecule has 6 heterocycles. The van der Waals surface area contributed by atoms with Gasteiger partial charge in [-0.2, -0.15) is 0 Å². The van der Waals surface area contributed by atoms with E-state index < -0.39 is 87.9 Å². The van der Waals surface area contributed by atoms with Gasteiger partial charge >= 0.3 is 17.9 Å². The second kappa shape index (κ2) is 41.7. The summed E-state index contributed by atoms with van der Waals surface area (Å²) in [5.74, 6) is -7.01. The van der Waals surface area contributed by atoms with Crippen LogP contribution in [0.1, 0.15) is 113 Å². The molecule has 0 radical (unpaired) electrons. The van der Waals surface area contributed by atoms with E-state index in [1.54, 1.807) is 39.0 Å². The first-order valence-electron chi connectivity index (χ1n) is 35.9. The molecule has 0 aliphatic carbocycles. The quantitative estimate of drug-likeness (QED) is 0.0332. The highest BCUT2D eigenvalue weighted by molar-refractivity contribution is 9.11. The van der Waals surface area contributed by atoms with Gasteiger partial charge in [-0.15, -0.1) is 0 Å². The Hall–Kier alpha value is -8.18. The lowest BCUT2D eigenvalue weighted by Crippen LogP contribution is -2.44. The molecule has 0 aromatic heterocycles. The van der Waals surface area contributed by atoms with Crippen molar-refractivity contribution in [2.24, 2.45) is 0 Å². The smallest absolute Gasteiger partial charge is 0.344 e. The molecule has 0 spiro atoms. The van der Waals surface area contributed by atoms with Crippen LogP contribution in [0.2, 0.25) is 0 Å². The van der Waals surface area contributed by atoms with Gasteiger partial charge in [-0.05, 0) is 129 Å². The van der Waals surface area contributed by atoms with Gasteiger partial charge in [0.15, 0.2) is 0 Å². The summed E-state index contributed by atoms with van der Waals surface area (Å²) in [5, 5.41) is 23.9. The Labute approximate surface area is 678 Å². The molecule has 1 saturated heterocycles. The number of amides is 3. The number of hydrogen-bond donors (Lipinski definition) is 3. The Bertz CT molecular complexity index is 4480. The highest BCUT2D eigenvalue weighted by atomic mass is 79.9.